The molecule has 1 saturated heterocycles. The van der Waals surface area contributed by atoms with E-state index in [-0.39, 0.29) is 11.3 Å². The molecule has 0 aromatic carbocycles. The summed E-state index contributed by atoms with van der Waals surface area (Å²) in [7, 11) is 3.81. The normalized spacial score (nSPS) is 23.9. The third-order valence-electron chi connectivity index (χ3n) is 3.76. The summed E-state index contributed by atoms with van der Waals surface area (Å²) < 4.78 is 1.95. The fraction of sp³-hybridized carbons (Fsp3) is 0.692. The summed E-state index contributed by atoms with van der Waals surface area (Å²) in [6, 6.07) is 0. The number of imidazole rings is 1. The standard InChI is InChI=1S/C13H22N4O/c1-13(5-4-6-14-10-13)12(18)17(3)9-11-15-7-8-16(11)2/h7-8,14H,4-6,9-10H2,1-3H3. The molecule has 1 aromatic heterocycles. The van der Waals surface area contributed by atoms with Gasteiger partial charge in [0.1, 0.15) is 5.82 Å². The zero-order chi connectivity index (χ0) is 13.2. The van der Waals surface area contributed by atoms with Gasteiger partial charge < -0.3 is 14.8 Å². The number of nitrogens with one attached hydrogen (secondary N) is 1. The predicted octanol–water partition coefficient (Wildman–Crippen LogP) is 0.768. The summed E-state index contributed by atoms with van der Waals surface area (Å²) in [5.74, 6) is 1.12. The van der Waals surface area contributed by atoms with Crippen LogP contribution in [0, 0.1) is 5.41 Å². The average Bonchev–Trinajstić information content (AvgIpc) is 2.75. The number of aromatic nitrogens is 2. The Labute approximate surface area is 108 Å². The monoisotopic (exact) mass is 250 g/mol. The number of rotatable bonds is 3. The molecule has 1 aliphatic heterocycles. The van der Waals surface area contributed by atoms with Crippen molar-refractivity contribution in [3.63, 3.8) is 0 Å². The molecule has 0 bridgehead atoms. The molecule has 5 heteroatoms. The second-order valence-corrected chi connectivity index (χ2v) is 5.46. The van der Waals surface area contributed by atoms with E-state index in [9.17, 15) is 4.79 Å². The van der Waals surface area contributed by atoms with Gasteiger partial charge in [0.25, 0.3) is 0 Å². The average molecular weight is 250 g/mol. The van der Waals surface area contributed by atoms with Gasteiger partial charge in [0, 0.05) is 33.0 Å². The molecular weight excluding hydrogens is 228 g/mol. The maximum absolute atomic E-state index is 12.5. The van der Waals surface area contributed by atoms with Crippen LogP contribution in [-0.4, -0.2) is 40.5 Å². The molecule has 1 fully saturated rings. The molecule has 1 atom stereocenters. The maximum atomic E-state index is 12.5. The van der Waals surface area contributed by atoms with Crippen molar-refractivity contribution < 1.29 is 4.79 Å². The minimum Gasteiger partial charge on any atom is -0.338 e. The van der Waals surface area contributed by atoms with Crippen LogP contribution in [-0.2, 0) is 18.4 Å². The number of carbonyl (C=O) groups excluding carboxylic acids is 1. The minimum absolute atomic E-state index is 0.206. The first kappa shape index (κ1) is 13.1. The van der Waals surface area contributed by atoms with Crippen molar-refractivity contribution >= 4 is 5.91 Å². The molecule has 18 heavy (non-hydrogen) atoms. The van der Waals surface area contributed by atoms with Gasteiger partial charge in [-0.3, -0.25) is 4.79 Å². The van der Waals surface area contributed by atoms with Crippen LogP contribution in [0.25, 0.3) is 0 Å². The van der Waals surface area contributed by atoms with E-state index in [2.05, 4.69) is 17.2 Å². The Kier molecular flexibility index (Phi) is 3.71. The zero-order valence-electron chi connectivity index (χ0n) is 11.4. The lowest BCUT2D eigenvalue weighted by atomic mass is 9.81. The number of piperidine rings is 1. The van der Waals surface area contributed by atoms with Gasteiger partial charge in [-0.25, -0.2) is 4.98 Å². The van der Waals surface area contributed by atoms with Gasteiger partial charge in [0.05, 0.1) is 12.0 Å². The van der Waals surface area contributed by atoms with Crippen molar-refractivity contribution in [2.45, 2.75) is 26.3 Å². The quantitative estimate of drug-likeness (QED) is 0.862. The third kappa shape index (κ3) is 2.56. The zero-order valence-corrected chi connectivity index (χ0v) is 11.4. The molecule has 1 aliphatic rings. The van der Waals surface area contributed by atoms with E-state index < -0.39 is 0 Å². The topological polar surface area (TPSA) is 50.2 Å². The van der Waals surface area contributed by atoms with Gasteiger partial charge in [0.2, 0.25) is 5.91 Å². The lowest BCUT2D eigenvalue weighted by Crippen LogP contribution is -2.49. The molecule has 0 aliphatic carbocycles. The van der Waals surface area contributed by atoms with Gasteiger partial charge >= 0.3 is 0 Å². The van der Waals surface area contributed by atoms with Crippen molar-refractivity contribution in [3.05, 3.63) is 18.2 Å². The van der Waals surface area contributed by atoms with Crippen molar-refractivity contribution in [2.75, 3.05) is 20.1 Å². The number of amides is 1. The molecule has 1 aromatic rings. The highest BCUT2D eigenvalue weighted by Crippen LogP contribution is 2.27. The van der Waals surface area contributed by atoms with E-state index in [1.807, 2.05) is 24.9 Å². The van der Waals surface area contributed by atoms with Gasteiger partial charge in [-0.2, -0.15) is 0 Å². The van der Waals surface area contributed by atoms with Crippen LogP contribution < -0.4 is 5.32 Å². The molecule has 0 radical (unpaired) electrons. The summed E-state index contributed by atoms with van der Waals surface area (Å²) >= 11 is 0. The minimum atomic E-state index is -0.266. The van der Waals surface area contributed by atoms with Gasteiger partial charge in [-0.05, 0) is 26.3 Å². The van der Waals surface area contributed by atoms with E-state index in [1.54, 1.807) is 11.1 Å². The highest BCUT2D eigenvalue weighted by Gasteiger charge is 2.36. The van der Waals surface area contributed by atoms with Crippen LogP contribution >= 0.6 is 0 Å². The van der Waals surface area contributed by atoms with Crippen molar-refractivity contribution in [3.8, 4) is 0 Å². The highest BCUT2D eigenvalue weighted by molar-refractivity contribution is 5.82. The first-order chi connectivity index (χ1) is 8.53. The smallest absolute Gasteiger partial charge is 0.229 e. The van der Waals surface area contributed by atoms with Crippen LogP contribution in [0.2, 0.25) is 0 Å². The molecule has 0 saturated carbocycles. The summed E-state index contributed by atoms with van der Waals surface area (Å²) in [6.07, 6.45) is 5.69. The maximum Gasteiger partial charge on any atom is 0.229 e. The Morgan fingerprint density at radius 2 is 2.44 bits per heavy atom. The van der Waals surface area contributed by atoms with E-state index in [1.165, 1.54) is 0 Å². The number of hydrogen-bond acceptors (Lipinski definition) is 3. The van der Waals surface area contributed by atoms with Crippen LogP contribution in [0.3, 0.4) is 0 Å². The van der Waals surface area contributed by atoms with Crippen LogP contribution in [0.5, 0.6) is 0 Å². The summed E-state index contributed by atoms with van der Waals surface area (Å²) in [5.41, 5.74) is -0.266. The van der Waals surface area contributed by atoms with E-state index in [0.29, 0.717) is 6.54 Å². The second kappa shape index (κ2) is 5.10. The fourth-order valence-corrected chi connectivity index (χ4v) is 2.53. The molecule has 1 N–H and O–H groups in total. The number of aryl methyl sites for hydroxylation is 1. The number of hydrogen-bond donors (Lipinski definition) is 1. The molecule has 100 valence electrons. The lowest BCUT2D eigenvalue weighted by Gasteiger charge is -2.35. The molecule has 5 nitrogen and oxygen atoms in total. The Balaban J connectivity index is 2.02. The highest BCUT2D eigenvalue weighted by atomic mass is 16.2. The Morgan fingerprint density at radius 1 is 1.67 bits per heavy atom. The van der Waals surface area contributed by atoms with Gasteiger partial charge in [-0.1, -0.05) is 0 Å². The van der Waals surface area contributed by atoms with E-state index >= 15 is 0 Å². The van der Waals surface area contributed by atoms with Crippen LogP contribution in [0.1, 0.15) is 25.6 Å². The van der Waals surface area contributed by atoms with Crippen molar-refractivity contribution in [1.82, 2.24) is 19.8 Å². The SMILES string of the molecule is CN(Cc1nccn1C)C(=O)C1(C)CCCNC1. The van der Waals surface area contributed by atoms with Crippen molar-refractivity contribution in [2.24, 2.45) is 12.5 Å². The molecule has 2 heterocycles. The van der Waals surface area contributed by atoms with E-state index in [0.717, 1.165) is 31.8 Å². The Bertz CT molecular complexity index is 420. The van der Waals surface area contributed by atoms with Crippen LogP contribution in [0.4, 0.5) is 0 Å². The van der Waals surface area contributed by atoms with Gasteiger partial charge in [0.15, 0.2) is 0 Å². The summed E-state index contributed by atoms with van der Waals surface area (Å²) in [5, 5.41) is 3.31. The Morgan fingerprint density at radius 3 is 3.00 bits per heavy atom. The first-order valence-electron chi connectivity index (χ1n) is 6.45. The number of nitrogens with zero attached hydrogens (tertiary/aromatic N) is 3. The molecular formula is C13H22N4O. The van der Waals surface area contributed by atoms with Crippen molar-refractivity contribution in [1.29, 1.82) is 0 Å². The van der Waals surface area contributed by atoms with Gasteiger partial charge in [-0.15, -0.1) is 0 Å². The third-order valence-corrected chi connectivity index (χ3v) is 3.76. The lowest BCUT2D eigenvalue weighted by molar-refractivity contribution is -0.141. The van der Waals surface area contributed by atoms with Crippen LogP contribution in [0.15, 0.2) is 12.4 Å². The molecule has 0 spiro atoms. The molecule has 1 unspecified atom stereocenters. The largest absolute Gasteiger partial charge is 0.338 e. The fourth-order valence-electron chi connectivity index (χ4n) is 2.53. The van der Waals surface area contributed by atoms with E-state index in [4.69, 9.17) is 0 Å². The molecule has 2 rings (SSSR count). The first-order valence-corrected chi connectivity index (χ1v) is 6.45. The predicted molar refractivity (Wildman–Crippen MR) is 69.9 cm³/mol. The molecule has 1 amide bonds. The summed E-state index contributed by atoms with van der Waals surface area (Å²) in [6.45, 7) is 4.41. The second-order valence-electron chi connectivity index (χ2n) is 5.46. The summed E-state index contributed by atoms with van der Waals surface area (Å²) in [4.78, 5) is 18.6. The number of carbonyl (C=O) groups is 1. The Hall–Kier alpha value is -1.36.